The van der Waals surface area contributed by atoms with Crippen LogP contribution in [-0.4, -0.2) is 54.3 Å². The zero-order chi connectivity index (χ0) is 21.5. The summed E-state index contributed by atoms with van der Waals surface area (Å²) >= 11 is 0.884. The summed E-state index contributed by atoms with van der Waals surface area (Å²) < 4.78 is 41.2. The fourth-order valence-electron chi connectivity index (χ4n) is 4.38. The number of fused-ring (bicyclic) bond motifs is 1. The Hall–Kier alpha value is -1.91. The average molecular weight is 443 g/mol. The first-order chi connectivity index (χ1) is 14.3. The topological polar surface area (TPSA) is 77.5 Å². The van der Waals surface area contributed by atoms with Crippen LogP contribution < -0.4 is 15.5 Å². The quantitative estimate of drug-likeness (QED) is 0.678. The Kier molecular flexibility index (Phi) is 5.91. The molecule has 10 heteroatoms. The van der Waals surface area contributed by atoms with Crippen LogP contribution in [0.1, 0.15) is 48.0 Å². The molecule has 1 saturated carbocycles. The lowest BCUT2D eigenvalue weighted by atomic mass is 9.92. The van der Waals surface area contributed by atoms with Crippen LogP contribution in [0.5, 0.6) is 0 Å². The Bertz CT molecular complexity index is 933. The number of rotatable bonds is 4. The number of aliphatic hydroxyl groups is 1. The molecule has 1 amide bonds. The van der Waals surface area contributed by atoms with Crippen molar-refractivity contribution in [3.05, 3.63) is 22.6 Å². The number of halogens is 3. The number of nitrogens with zero attached hydrogens (tertiary/aromatic N) is 2. The van der Waals surface area contributed by atoms with E-state index >= 15 is 0 Å². The molecule has 0 aromatic carbocycles. The van der Waals surface area contributed by atoms with Gasteiger partial charge in [-0.3, -0.25) is 4.79 Å². The number of amides is 1. The molecule has 0 radical (unpaired) electrons. The summed E-state index contributed by atoms with van der Waals surface area (Å²) in [5.74, 6) is -0.224. The Balaban J connectivity index is 1.61. The molecule has 0 spiro atoms. The molecule has 0 bridgehead atoms. The molecule has 30 heavy (non-hydrogen) atoms. The van der Waals surface area contributed by atoms with Crippen molar-refractivity contribution in [3.63, 3.8) is 0 Å². The van der Waals surface area contributed by atoms with Gasteiger partial charge >= 0.3 is 6.18 Å². The van der Waals surface area contributed by atoms with Crippen molar-refractivity contribution >= 4 is 33.3 Å². The SMILES string of the molecule is CNC(=O)c1csc2c(C(F)(F)F)cc(N3CCC(N[C@@H]4CCCC[C@H]4O)C3)nc12. The van der Waals surface area contributed by atoms with E-state index in [1.165, 1.54) is 12.4 Å². The lowest BCUT2D eigenvalue weighted by Gasteiger charge is -2.31. The number of nitrogens with one attached hydrogen (secondary N) is 2. The number of thiophene rings is 1. The number of carbonyl (C=O) groups is 1. The minimum Gasteiger partial charge on any atom is -0.392 e. The number of anilines is 1. The molecule has 3 atom stereocenters. The number of aliphatic hydroxyl groups excluding tert-OH is 1. The third kappa shape index (κ3) is 4.13. The molecule has 1 aliphatic carbocycles. The van der Waals surface area contributed by atoms with Gasteiger partial charge in [0, 0.05) is 37.6 Å². The van der Waals surface area contributed by atoms with Crippen molar-refractivity contribution in [1.29, 1.82) is 0 Å². The maximum atomic E-state index is 13.7. The summed E-state index contributed by atoms with van der Waals surface area (Å²) in [5.41, 5.74) is -0.519. The van der Waals surface area contributed by atoms with Crippen LogP contribution in [0.3, 0.4) is 0 Å². The Morgan fingerprint density at radius 2 is 2.07 bits per heavy atom. The van der Waals surface area contributed by atoms with Crippen LogP contribution in [0.15, 0.2) is 11.4 Å². The molecule has 1 unspecified atom stereocenters. The van der Waals surface area contributed by atoms with Gasteiger partial charge in [0.15, 0.2) is 0 Å². The largest absolute Gasteiger partial charge is 0.417 e. The molecular weight excluding hydrogens is 417 g/mol. The van der Waals surface area contributed by atoms with Crippen LogP contribution in [0, 0.1) is 0 Å². The monoisotopic (exact) mass is 442 g/mol. The molecule has 1 saturated heterocycles. The summed E-state index contributed by atoms with van der Waals surface area (Å²) in [5, 5.41) is 17.6. The summed E-state index contributed by atoms with van der Waals surface area (Å²) in [6.45, 7) is 1.08. The van der Waals surface area contributed by atoms with Crippen molar-refractivity contribution in [2.75, 3.05) is 25.0 Å². The van der Waals surface area contributed by atoms with Crippen molar-refractivity contribution in [2.24, 2.45) is 0 Å². The molecule has 3 N–H and O–H groups in total. The van der Waals surface area contributed by atoms with Crippen molar-refractivity contribution in [2.45, 2.75) is 56.5 Å². The Morgan fingerprint density at radius 3 is 2.77 bits per heavy atom. The minimum absolute atomic E-state index is 0.0240. The van der Waals surface area contributed by atoms with Gasteiger partial charge in [-0.1, -0.05) is 12.8 Å². The summed E-state index contributed by atoms with van der Waals surface area (Å²) in [4.78, 5) is 18.4. The summed E-state index contributed by atoms with van der Waals surface area (Å²) in [7, 11) is 1.44. The predicted molar refractivity (Wildman–Crippen MR) is 110 cm³/mol. The lowest BCUT2D eigenvalue weighted by molar-refractivity contribution is -0.136. The number of carbonyl (C=O) groups excluding carboxylic acids is 1. The van der Waals surface area contributed by atoms with E-state index in [1.807, 2.05) is 4.90 Å². The van der Waals surface area contributed by atoms with E-state index in [-0.39, 0.29) is 39.8 Å². The van der Waals surface area contributed by atoms with Crippen LogP contribution in [0.2, 0.25) is 0 Å². The first-order valence-corrected chi connectivity index (χ1v) is 11.1. The van der Waals surface area contributed by atoms with Crippen molar-refractivity contribution in [1.82, 2.24) is 15.6 Å². The van der Waals surface area contributed by atoms with E-state index in [0.29, 0.717) is 13.1 Å². The fraction of sp³-hybridized carbons (Fsp3) is 0.600. The highest BCUT2D eigenvalue weighted by Crippen LogP contribution is 2.40. The van der Waals surface area contributed by atoms with E-state index in [4.69, 9.17) is 0 Å². The van der Waals surface area contributed by atoms with E-state index < -0.39 is 17.6 Å². The summed E-state index contributed by atoms with van der Waals surface area (Å²) in [6.07, 6.45) is -0.375. The predicted octanol–water partition coefficient (Wildman–Crippen LogP) is 3.15. The number of aromatic nitrogens is 1. The van der Waals surface area contributed by atoms with Gasteiger partial charge in [-0.05, 0) is 25.3 Å². The van der Waals surface area contributed by atoms with E-state index in [9.17, 15) is 23.1 Å². The molecule has 3 heterocycles. The van der Waals surface area contributed by atoms with Gasteiger partial charge in [0.05, 0.1) is 27.4 Å². The molecule has 2 aliphatic rings. The van der Waals surface area contributed by atoms with Gasteiger partial charge in [-0.25, -0.2) is 4.98 Å². The molecular formula is C20H25F3N4O2S. The van der Waals surface area contributed by atoms with Crippen LogP contribution >= 0.6 is 11.3 Å². The highest BCUT2D eigenvalue weighted by atomic mass is 32.1. The van der Waals surface area contributed by atoms with Gasteiger partial charge in [0.25, 0.3) is 5.91 Å². The fourth-order valence-corrected chi connectivity index (χ4v) is 5.40. The zero-order valence-corrected chi connectivity index (χ0v) is 17.4. The van der Waals surface area contributed by atoms with E-state index in [1.54, 1.807) is 0 Å². The number of hydrogen-bond donors (Lipinski definition) is 3. The van der Waals surface area contributed by atoms with Gasteiger partial charge in [-0.2, -0.15) is 13.2 Å². The number of hydrogen-bond acceptors (Lipinski definition) is 6. The van der Waals surface area contributed by atoms with Crippen LogP contribution in [-0.2, 0) is 6.18 Å². The van der Waals surface area contributed by atoms with Crippen LogP contribution in [0.4, 0.5) is 19.0 Å². The third-order valence-corrected chi connectivity index (χ3v) is 6.98. The molecule has 2 aromatic heterocycles. The Labute approximate surface area is 176 Å². The van der Waals surface area contributed by atoms with Gasteiger partial charge in [0.2, 0.25) is 0 Å². The smallest absolute Gasteiger partial charge is 0.392 e. The van der Waals surface area contributed by atoms with Gasteiger partial charge < -0.3 is 20.6 Å². The lowest BCUT2D eigenvalue weighted by Crippen LogP contribution is -2.48. The number of alkyl halides is 3. The zero-order valence-electron chi connectivity index (χ0n) is 16.6. The average Bonchev–Trinajstić information content (AvgIpc) is 3.34. The standard InChI is InChI=1S/C20H25F3N4O2S/c1-24-19(29)12-10-30-18-13(20(21,22)23)8-16(26-17(12)18)27-7-6-11(9-27)25-14-4-2-3-5-15(14)28/h8,10-11,14-15,25,28H,2-7,9H2,1H3,(H,24,29)/t11?,14-,15-/m1/s1. The van der Waals surface area contributed by atoms with E-state index in [0.717, 1.165) is 49.5 Å². The van der Waals surface area contributed by atoms with Crippen LogP contribution in [0.25, 0.3) is 10.2 Å². The first kappa shape index (κ1) is 21.3. The second-order valence-corrected chi connectivity index (χ2v) is 8.87. The highest BCUT2D eigenvalue weighted by Gasteiger charge is 2.37. The van der Waals surface area contributed by atoms with E-state index in [2.05, 4.69) is 15.6 Å². The molecule has 6 nitrogen and oxygen atoms in total. The highest BCUT2D eigenvalue weighted by molar-refractivity contribution is 7.17. The molecule has 1 aliphatic heterocycles. The van der Waals surface area contributed by atoms with Crippen molar-refractivity contribution in [3.8, 4) is 0 Å². The normalized spacial score (nSPS) is 25.1. The van der Waals surface area contributed by atoms with Gasteiger partial charge in [0.1, 0.15) is 5.82 Å². The minimum atomic E-state index is -4.54. The van der Waals surface area contributed by atoms with Gasteiger partial charge in [-0.15, -0.1) is 11.3 Å². The molecule has 164 valence electrons. The first-order valence-electron chi connectivity index (χ1n) is 10.2. The number of pyridine rings is 1. The van der Waals surface area contributed by atoms with Crippen molar-refractivity contribution < 1.29 is 23.1 Å². The Morgan fingerprint density at radius 1 is 1.30 bits per heavy atom. The second kappa shape index (κ2) is 8.32. The molecule has 2 fully saturated rings. The summed E-state index contributed by atoms with van der Waals surface area (Å²) in [6, 6.07) is 1.20. The maximum absolute atomic E-state index is 13.7. The third-order valence-electron chi connectivity index (χ3n) is 5.98. The molecule has 2 aromatic rings. The maximum Gasteiger partial charge on any atom is 0.417 e. The second-order valence-electron chi connectivity index (χ2n) is 7.99. The molecule has 4 rings (SSSR count).